The minimum absolute atomic E-state index is 0.0417. The lowest BCUT2D eigenvalue weighted by Crippen LogP contribution is -2.60. The summed E-state index contributed by atoms with van der Waals surface area (Å²) in [6.07, 6.45) is -6.71. The first-order valence-electron chi connectivity index (χ1n) is 12.0. The Hall–Kier alpha value is -2.64. The van der Waals surface area contributed by atoms with Gasteiger partial charge in [-0.1, -0.05) is 6.07 Å². The first-order valence-corrected chi connectivity index (χ1v) is 12.0. The van der Waals surface area contributed by atoms with Crippen LogP contribution in [0, 0.1) is 11.8 Å². The van der Waals surface area contributed by atoms with Gasteiger partial charge >= 0.3 is 0 Å². The summed E-state index contributed by atoms with van der Waals surface area (Å²) in [5.41, 5.74) is 2.39. The van der Waals surface area contributed by atoms with E-state index in [1.807, 2.05) is 0 Å². The van der Waals surface area contributed by atoms with Crippen molar-refractivity contribution < 1.29 is 54.7 Å². The molecule has 1 heterocycles. The molecule has 0 radical (unpaired) electrons. The minimum atomic E-state index is -1.59. The van der Waals surface area contributed by atoms with E-state index in [1.165, 1.54) is 14.2 Å². The van der Waals surface area contributed by atoms with Crippen LogP contribution < -0.4 is 14.2 Å². The van der Waals surface area contributed by atoms with Crippen molar-refractivity contribution in [3.8, 4) is 23.0 Å². The highest BCUT2D eigenvalue weighted by Crippen LogP contribution is 2.48. The Morgan fingerprint density at radius 1 is 0.838 bits per heavy atom. The fourth-order valence-electron chi connectivity index (χ4n) is 5.34. The molecule has 37 heavy (non-hydrogen) atoms. The number of phenols is 1. The normalized spacial score (nSPS) is 31.5. The van der Waals surface area contributed by atoms with E-state index in [4.69, 9.17) is 18.9 Å². The molecule has 1 saturated heterocycles. The van der Waals surface area contributed by atoms with Gasteiger partial charge in [-0.25, -0.2) is 0 Å². The van der Waals surface area contributed by atoms with Crippen molar-refractivity contribution in [3.05, 3.63) is 47.0 Å². The van der Waals surface area contributed by atoms with Crippen LogP contribution in [0.4, 0.5) is 0 Å². The minimum Gasteiger partial charge on any atom is -0.504 e. The number of phenolic OH excluding ortho intramolecular Hbond substituents is 1. The fourth-order valence-corrected chi connectivity index (χ4v) is 5.34. The Morgan fingerprint density at radius 2 is 1.57 bits per heavy atom. The number of fused-ring (bicyclic) bond motifs is 1. The van der Waals surface area contributed by atoms with Crippen molar-refractivity contribution in [2.24, 2.45) is 11.8 Å². The van der Waals surface area contributed by atoms with Crippen LogP contribution in [0.25, 0.3) is 0 Å². The number of aromatic hydroxyl groups is 1. The third-order valence-corrected chi connectivity index (χ3v) is 7.38. The van der Waals surface area contributed by atoms with Gasteiger partial charge in [0.2, 0.25) is 6.29 Å². The molecule has 11 nitrogen and oxygen atoms in total. The maximum Gasteiger partial charge on any atom is 0.229 e. The van der Waals surface area contributed by atoms with Gasteiger partial charge in [-0.15, -0.1) is 0 Å². The number of aliphatic hydroxyl groups excluding tert-OH is 6. The molecule has 0 unspecified atom stereocenters. The molecule has 1 aliphatic carbocycles. The number of rotatable bonds is 8. The van der Waals surface area contributed by atoms with E-state index in [2.05, 4.69) is 0 Å². The molecule has 2 aliphatic rings. The van der Waals surface area contributed by atoms with Gasteiger partial charge in [0.15, 0.2) is 23.0 Å². The number of hydrogen-bond acceptors (Lipinski definition) is 11. The Bertz CT molecular complexity index is 1070. The SMILES string of the molecule is COc1cc2c(cc1O)[C@@H](c1ccc(O[C@@H]3O[C@H](CO)[C@@H](O)[C@H](O)[C@H]3O)c(OC)c1)[C@@H](CO)[C@H](CO)C2. The van der Waals surface area contributed by atoms with Crippen molar-refractivity contribution in [3.63, 3.8) is 0 Å². The molecular weight excluding hydrogens is 488 g/mol. The van der Waals surface area contributed by atoms with Crippen molar-refractivity contribution in [1.29, 1.82) is 0 Å². The molecule has 204 valence electrons. The second kappa shape index (κ2) is 11.4. The molecule has 8 atom stereocenters. The zero-order valence-electron chi connectivity index (χ0n) is 20.6. The third-order valence-electron chi connectivity index (χ3n) is 7.38. The Labute approximate surface area is 214 Å². The molecule has 1 fully saturated rings. The third kappa shape index (κ3) is 5.08. The molecule has 7 N–H and O–H groups in total. The smallest absolute Gasteiger partial charge is 0.229 e. The fraction of sp³-hybridized carbons (Fsp3) is 0.538. The molecule has 0 saturated carbocycles. The van der Waals surface area contributed by atoms with Crippen LogP contribution in [0.1, 0.15) is 22.6 Å². The maximum atomic E-state index is 10.5. The summed E-state index contributed by atoms with van der Waals surface area (Å²) in [7, 11) is 2.88. The summed E-state index contributed by atoms with van der Waals surface area (Å²) in [4.78, 5) is 0. The predicted octanol–water partition coefficient (Wildman–Crippen LogP) is -0.507. The van der Waals surface area contributed by atoms with Crippen molar-refractivity contribution in [2.75, 3.05) is 34.0 Å². The highest BCUT2D eigenvalue weighted by atomic mass is 16.7. The van der Waals surface area contributed by atoms with Crippen LogP contribution in [0.5, 0.6) is 23.0 Å². The van der Waals surface area contributed by atoms with E-state index in [0.717, 1.165) is 16.7 Å². The Balaban J connectivity index is 1.71. The number of hydrogen-bond donors (Lipinski definition) is 7. The van der Waals surface area contributed by atoms with Gasteiger partial charge in [-0.2, -0.15) is 0 Å². The second-order valence-corrected chi connectivity index (χ2v) is 9.42. The summed E-state index contributed by atoms with van der Waals surface area (Å²) in [6, 6.07) is 8.36. The molecule has 0 amide bonds. The molecule has 2 aromatic carbocycles. The van der Waals surface area contributed by atoms with E-state index in [1.54, 1.807) is 30.3 Å². The Morgan fingerprint density at radius 3 is 2.19 bits per heavy atom. The van der Waals surface area contributed by atoms with Gasteiger partial charge in [-0.05, 0) is 59.2 Å². The average molecular weight is 523 g/mol. The van der Waals surface area contributed by atoms with Gasteiger partial charge in [0, 0.05) is 19.1 Å². The van der Waals surface area contributed by atoms with Gasteiger partial charge in [-0.3, -0.25) is 0 Å². The van der Waals surface area contributed by atoms with E-state index in [-0.39, 0.29) is 42.3 Å². The highest BCUT2D eigenvalue weighted by molar-refractivity contribution is 5.54. The monoisotopic (exact) mass is 522 g/mol. The first-order chi connectivity index (χ1) is 17.8. The molecule has 11 heteroatoms. The quantitative estimate of drug-likeness (QED) is 0.238. The predicted molar refractivity (Wildman–Crippen MR) is 129 cm³/mol. The lowest BCUT2D eigenvalue weighted by atomic mass is 9.67. The van der Waals surface area contributed by atoms with E-state index >= 15 is 0 Å². The average Bonchev–Trinajstić information content (AvgIpc) is 2.92. The van der Waals surface area contributed by atoms with Crippen LogP contribution in [-0.4, -0.2) is 100 Å². The number of benzene rings is 2. The van der Waals surface area contributed by atoms with E-state index in [0.29, 0.717) is 12.2 Å². The maximum absolute atomic E-state index is 10.5. The summed E-state index contributed by atoms with van der Waals surface area (Å²) in [5.74, 6) is -0.296. The molecular formula is C26H34O11. The molecule has 0 bridgehead atoms. The van der Waals surface area contributed by atoms with E-state index in [9.17, 15) is 35.7 Å². The summed E-state index contributed by atoms with van der Waals surface area (Å²) < 4.78 is 22.0. The second-order valence-electron chi connectivity index (χ2n) is 9.42. The molecule has 1 aliphatic heterocycles. The lowest BCUT2D eigenvalue weighted by Gasteiger charge is -2.40. The summed E-state index contributed by atoms with van der Waals surface area (Å²) in [6.45, 7) is -0.929. The number of ether oxygens (including phenoxy) is 4. The number of methoxy groups -OCH3 is 2. The van der Waals surface area contributed by atoms with Crippen molar-refractivity contribution in [2.45, 2.75) is 43.0 Å². The largest absolute Gasteiger partial charge is 0.504 e. The van der Waals surface area contributed by atoms with Gasteiger partial charge in [0.1, 0.15) is 24.4 Å². The zero-order valence-corrected chi connectivity index (χ0v) is 20.6. The van der Waals surface area contributed by atoms with Crippen LogP contribution in [0.15, 0.2) is 30.3 Å². The van der Waals surface area contributed by atoms with Gasteiger partial charge in [0.25, 0.3) is 0 Å². The standard InChI is InChI=1S/C26H34O11/c1-34-19-7-13-5-14(9-27)16(10-28)22(15(13)8-17(19)30)12-3-4-18(20(6-12)35-2)36-26-25(33)24(32)23(31)21(11-29)37-26/h3-4,6-8,14,16,21-33H,5,9-11H2,1-2H3/t14-,16-,21+,22+,23+,24-,25+,26+/m0/s1. The van der Waals surface area contributed by atoms with Crippen LogP contribution >= 0.6 is 0 Å². The van der Waals surface area contributed by atoms with E-state index < -0.39 is 43.2 Å². The summed E-state index contributed by atoms with van der Waals surface area (Å²) in [5, 5.41) is 70.7. The van der Waals surface area contributed by atoms with Crippen LogP contribution in [-0.2, 0) is 11.2 Å². The zero-order chi connectivity index (χ0) is 26.9. The van der Waals surface area contributed by atoms with Gasteiger partial charge in [0.05, 0.1) is 20.8 Å². The van der Waals surface area contributed by atoms with Gasteiger partial charge < -0.3 is 54.7 Å². The topological polar surface area (TPSA) is 179 Å². The number of aliphatic hydroxyl groups is 6. The molecule has 2 aromatic rings. The molecule has 0 spiro atoms. The Kier molecular flexibility index (Phi) is 8.44. The van der Waals surface area contributed by atoms with Crippen LogP contribution in [0.2, 0.25) is 0 Å². The van der Waals surface area contributed by atoms with Crippen LogP contribution in [0.3, 0.4) is 0 Å². The lowest BCUT2D eigenvalue weighted by molar-refractivity contribution is -0.277. The van der Waals surface area contributed by atoms with Crippen molar-refractivity contribution in [1.82, 2.24) is 0 Å². The molecule has 0 aromatic heterocycles. The molecule has 4 rings (SSSR count). The summed E-state index contributed by atoms with van der Waals surface area (Å²) >= 11 is 0. The first kappa shape index (κ1) is 27.4. The van der Waals surface area contributed by atoms with Crippen molar-refractivity contribution >= 4 is 0 Å². The highest BCUT2D eigenvalue weighted by Gasteiger charge is 2.45.